The first-order valence-corrected chi connectivity index (χ1v) is 8.99. The first-order chi connectivity index (χ1) is 11.8. The number of hydrogen-bond acceptors (Lipinski definition) is 4. The second-order valence-corrected chi connectivity index (χ2v) is 6.72. The summed E-state index contributed by atoms with van der Waals surface area (Å²) in [5, 5.41) is 4.20. The Balaban J connectivity index is 1.69. The van der Waals surface area contributed by atoms with Crippen molar-refractivity contribution < 1.29 is 4.74 Å². The van der Waals surface area contributed by atoms with Crippen molar-refractivity contribution in [2.75, 3.05) is 20.2 Å². The topological polar surface area (TPSA) is 43.2 Å². The fourth-order valence-electron chi connectivity index (χ4n) is 3.59. The molecule has 0 saturated carbocycles. The third-order valence-corrected chi connectivity index (χ3v) is 5.07. The molecule has 1 aromatic carbocycles. The highest BCUT2D eigenvalue weighted by atomic mass is 16.5. The normalized spacial score (nSPS) is 19.2. The van der Waals surface area contributed by atoms with Gasteiger partial charge in [0.25, 0.3) is 0 Å². The molecule has 1 fully saturated rings. The Morgan fingerprint density at radius 2 is 2.12 bits per heavy atom. The zero-order chi connectivity index (χ0) is 16.8. The van der Waals surface area contributed by atoms with Crippen molar-refractivity contribution in [3.05, 3.63) is 42.0 Å². The van der Waals surface area contributed by atoms with E-state index in [0.29, 0.717) is 6.54 Å². The average Bonchev–Trinajstić information content (AvgIpc) is 3.00. The maximum absolute atomic E-state index is 5.51. The van der Waals surface area contributed by atoms with Gasteiger partial charge in [-0.2, -0.15) is 5.10 Å². The van der Waals surface area contributed by atoms with Crippen LogP contribution in [0.2, 0.25) is 0 Å². The lowest BCUT2D eigenvalue weighted by atomic mass is 9.98. The second kappa shape index (κ2) is 8.29. The summed E-state index contributed by atoms with van der Waals surface area (Å²) in [6.45, 7) is 6.45. The highest BCUT2D eigenvalue weighted by molar-refractivity contribution is 5.37. The summed E-state index contributed by atoms with van der Waals surface area (Å²) in [4.78, 5) is 6.61. The number of likely N-dealkylation sites (tertiary alicyclic amines) is 1. The Morgan fingerprint density at radius 3 is 2.88 bits per heavy atom. The first kappa shape index (κ1) is 17.0. The highest BCUT2D eigenvalue weighted by Crippen LogP contribution is 2.24. The van der Waals surface area contributed by atoms with Crippen molar-refractivity contribution in [2.45, 2.75) is 45.7 Å². The van der Waals surface area contributed by atoms with Crippen LogP contribution in [0.3, 0.4) is 0 Å². The highest BCUT2D eigenvalue weighted by Gasteiger charge is 2.16. The van der Waals surface area contributed by atoms with Crippen LogP contribution in [0.5, 0.6) is 5.75 Å². The number of rotatable bonds is 6. The van der Waals surface area contributed by atoms with Gasteiger partial charge < -0.3 is 4.74 Å². The molecule has 24 heavy (non-hydrogen) atoms. The van der Waals surface area contributed by atoms with E-state index in [2.05, 4.69) is 40.1 Å². The molecule has 1 aliphatic heterocycles. The van der Waals surface area contributed by atoms with Gasteiger partial charge in [-0.15, -0.1) is 0 Å². The molecule has 5 heteroatoms. The standard InChI is InChI=1S/C19H28N4O/c1-3-16-5-4-9-22(10-8-16)12-17-6-7-19(24-2)18(11-17)13-23-15-20-14-21-23/h6-7,11,14-16H,3-5,8-10,12-13H2,1-2H3/t16-/m0/s1. The molecule has 0 unspecified atom stereocenters. The zero-order valence-electron chi connectivity index (χ0n) is 14.8. The van der Waals surface area contributed by atoms with E-state index in [1.807, 2.05) is 4.68 Å². The van der Waals surface area contributed by atoms with E-state index < -0.39 is 0 Å². The number of nitrogens with zero attached hydrogens (tertiary/aromatic N) is 4. The molecule has 0 amide bonds. The van der Waals surface area contributed by atoms with Crippen LogP contribution in [-0.2, 0) is 13.1 Å². The first-order valence-electron chi connectivity index (χ1n) is 8.99. The van der Waals surface area contributed by atoms with Gasteiger partial charge in [-0.3, -0.25) is 4.90 Å². The molecule has 0 aliphatic carbocycles. The Bertz CT molecular complexity index is 626. The van der Waals surface area contributed by atoms with E-state index in [0.717, 1.165) is 23.8 Å². The Hall–Kier alpha value is -1.88. The maximum Gasteiger partial charge on any atom is 0.137 e. The number of benzene rings is 1. The molecule has 1 aliphatic rings. The summed E-state index contributed by atoms with van der Waals surface area (Å²) >= 11 is 0. The second-order valence-electron chi connectivity index (χ2n) is 6.72. The minimum atomic E-state index is 0.689. The van der Waals surface area contributed by atoms with Gasteiger partial charge in [-0.25, -0.2) is 9.67 Å². The zero-order valence-corrected chi connectivity index (χ0v) is 14.8. The molecule has 5 nitrogen and oxygen atoms in total. The minimum Gasteiger partial charge on any atom is -0.496 e. The van der Waals surface area contributed by atoms with Crippen LogP contribution in [0, 0.1) is 5.92 Å². The van der Waals surface area contributed by atoms with E-state index >= 15 is 0 Å². The van der Waals surface area contributed by atoms with E-state index in [9.17, 15) is 0 Å². The van der Waals surface area contributed by atoms with Crippen LogP contribution >= 0.6 is 0 Å². The van der Waals surface area contributed by atoms with Crippen LogP contribution in [-0.4, -0.2) is 39.9 Å². The molecule has 130 valence electrons. The summed E-state index contributed by atoms with van der Waals surface area (Å²) in [5.74, 6) is 1.82. The monoisotopic (exact) mass is 328 g/mol. The molecule has 1 atom stereocenters. The quantitative estimate of drug-likeness (QED) is 0.815. The minimum absolute atomic E-state index is 0.689. The fourth-order valence-corrected chi connectivity index (χ4v) is 3.59. The van der Waals surface area contributed by atoms with Crippen LogP contribution in [0.4, 0.5) is 0 Å². The van der Waals surface area contributed by atoms with Crippen LogP contribution < -0.4 is 4.74 Å². The molecule has 2 heterocycles. The Morgan fingerprint density at radius 1 is 1.21 bits per heavy atom. The van der Waals surface area contributed by atoms with Gasteiger partial charge in [0, 0.05) is 12.1 Å². The lowest BCUT2D eigenvalue weighted by Gasteiger charge is -2.21. The molecule has 2 aromatic rings. The summed E-state index contributed by atoms with van der Waals surface area (Å²) in [5.41, 5.74) is 2.50. The molecule has 0 N–H and O–H groups in total. The molecule has 1 aromatic heterocycles. The van der Waals surface area contributed by atoms with E-state index in [-0.39, 0.29) is 0 Å². The van der Waals surface area contributed by atoms with Gasteiger partial charge in [-0.05, 0) is 56.0 Å². The summed E-state index contributed by atoms with van der Waals surface area (Å²) in [6, 6.07) is 6.52. The molecule has 0 bridgehead atoms. The van der Waals surface area contributed by atoms with Crippen molar-refractivity contribution in [1.29, 1.82) is 0 Å². The van der Waals surface area contributed by atoms with Gasteiger partial charge in [-0.1, -0.05) is 19.4 Å². The van der Waals surface area contributed by atoms with Crippen molar-refractivity contribution in [3.63, 3.8) is 0 Å². The van der Waals surface area contributed by atoms with Gasteiger partial charge in [0.1, 0.15) is 18.4 Å². The third kappa shape index (κ3) is 4.35. The third-order valence-electron chi connectivity index (χ3n) is 5.07. The summed E-state index contributed by atoms with van der Waals surface area (Å²) < 4.78 is 7.35. The fraction of sp³-hybridized carbons (Fsp3) is 0.579. The number of hydrogen-bond donors (Lipinski definition) is 0. The largest absolute Gasteiger partial charge is 0.496 e. The van der Waals surface area contributed by atoms with E-state index in [1.165, 1.54) is 44.3 Å². The predicted molar refractivity (Wildman–Crippen MR) is 95.0 cm³/mol. The number of methoxy groups -OCH3 is 1. The molecular formula is C19H28N4O. The Kier molecular flexibility index (Phi) is 5.86. The van der Waals surface area contributed by atoms with Crippen molar-refractivity contribution in [1.82, 2.24) is 19.7 Å². The summed E-state index contributed by atoms with van der Waals surface area (Å²) in [7, 11) is 1.72. The van der Waals surface area contributed by atoms with Crippen molar-refractivity contribution in [3.8, 4) is 5.75 Å². The lowest BCUT2D eigenvalue weighted by molar-refractivity contribution is 0.272. The smallest absolute Gasteiger partial charge is 0.137 e. The molecule has 3 rings (SSSR count). The number of aromatic nitrogens is 3. The van der Waals surface area contributed by atoms with Crippen LogP contribution in [0.15, 0.2) is 30.9 Å². The lowest BCUT2D eigenvalue weighted by Crippen LogP contribution is -2.24. The SMILES string of the molecule is CC[C@H]1CCCN(Cc2ccc(OC)c(Cn3cncn3)c2)CC1. The maximum atomic E-state index is 5.51. The number of ether oxygens (including phenoxy) is 1. The molecule has 1 saturated heterocycles. The molecule has 0 spiro atoms. The predicted octanol–water partition coefficient (Wildman–Crippen LogP) is 3.35. The Labute approximate surface area is 144 Å². The molecular weight excluding hydrogens is 300 g/mol. The average molecular weight is 328 g/mol. The van der Waals surface area contributed by atoms with E-state index in [4.69, 9.17) is 4.74 Å². The van der Waals surface area contributed by atoms with Crippen molar-refractivity contribution >= 4 is 0 Å². The summed E-state index contributed by atoms with van der Waals surface area (Å²) in [6.07, 6.45) is 8.66. The van der Waals surface area contributed by atoms with E-state index in [1.54, 1.807) is 19.8 Å². The van der Waals surface area contributed by atoms with Crippen LogP contribution in [0.25, 0.3) is 0 Å². The van der Waals surface area contributed by atoms with Gasteiger partial charge in [0.2, 0.25) is 0 Å². The van der Waals surface area contributed by atoms with Gasteiger partial charge >= 0.3 is 0 Å². The van der Waals surface area contributed by atoms with Gasteiger partial charge in [0.15, 0.2) is 0 Å². The van der Waals surface area contributed by atoms with Gasteiger partial charge in [0.05, 0.1) is 13.7 Å². The van der Waals surface area contributed by atoms with Crippen molar-refractivity contribution in [2.24, 2.45) is 5.92 Å². The molecule has 0 radical (unpaired) electrons. The van der Waals surface area contributed by atoms with Crippen LogP contribution in [0.1, 0.15) is 43.7 Å².